The highest BCUT2D eigenvalue weighted by Crippen LogP contribution is 2.29. The predicted molar refractivity (Wildman–Crippen MR) is 70.9 cm³/mol. The van der Waals surface area contributed by atoms with E-state index in [0.29, 0.717) is 17.9 Å². The zero-order chi connectivity index (χ0) is 13.8. The summed E-state index contributed by atoms with van der Waals surface area (Å²) < 4.78 is 27.2. The Balaban J connectivity index is 2.64. The molecule has 0 unspecified atom stereocenters. The Hall–Kier alpha value is -2.04. The fraction of sp³-hybridized carbons (Fsp3) is 0.286. The molecule has 0 spiro atoms. The van der Waals surface area contributed by atoms with Gasteiger partial charge in [-0.05, 0) is 18.6 Å². The van der Waals surface area contributed by atoms with Crippen LogP contribution >= 0.6 is 0 Å². The first-order valence-corrected chi connectivity index (χ1v) is 6.15. The van der Waals surface area contributed by atoms with Crippen molar-refractivity contribution >= 4 is 5.82 Å². The van der Waals surface area contributed by atoms with Gasteiger partial charge in [-0.25, -0.2) is 18.7 Å². The molecule has 2 aromatic rings. The fourth-order valence-corrected chi connectivity index (χ4v) is 2.03. The van der Waals surface area contributed by atoms with Crippen LogP contribution in [-0.4, -0.2) is 17.0 Å². The van der Waals surface area contributed by atoms with Gasteiger partial charge in [0.2, 0.25) is 0 Å². The molecule has 0 bridgehead atoms. The number of hydrogen-bond acceptors (Lipinski definition) is 3. The molecule has 1 heterocycles. The lowest BCUT2D eigenvalue weighted by atomic mass is 10.0. The van der Waals surface area contributed by atoms with E-state index >= 15 is 0 Å². The monoisotopic (exact) mass is 263 g/mol. The standard InChI is InChI=1S/C14H15F2N3/c1-3-5-10-13(18-8-19-14(10)17-2)9-6-4-7-11(15)12(9)16/h4,6-8H,3,5H2,1-2H3,(H,17,18,19). The van der Waals surface area contributed by atoms with E-state index in [4.69, 9.17) is 0 Å². The molecule has 100 valence electrons. The summed E-state index contributed by atoms with van der Waals surface area (Å²) in [5.41, 5.74) is 1.41. The summed E-state index contributed by atoms with van der Waals surface area (Å²) in [4.78, 5) is 8.24. The molecule has 0 amide bonds. The summed E-state index contributed by atoms with van der Waals surface area (Å²) in [5, 5.41) is 2.96. The molecule has 0 aliphatic heterocycles. The lowest BCUT2D eigenvalue weighted by Crippen LogP contribution is -2.04. The highest BCUT2D eigenvalue weighted by atomic mass is 19.2. The zero-order valence-electron chi connectivity index (χ0n) is 10.9. The van der Waals surface area contributed by atoms with E-state index in [0.717, 1.165) is 18.1 Å². The van der Waals surface area contributed by atoms with Gasteiger partial charge < -0.3 is 5.32 Å². The summed E-state index contributed by atoms with van der Waals surface area (Å²) in [5.74, 6) is -1.10. The van der Waals surface area contributed by atoms with Crippen molar-refractivity contribution in [3.63, 3.8) is 0 Å². The van der Waals surface area contributed by atoms with Gasteiger partial charge in [0.25, 0.3) is 0 Å². The summed E-state index contributed by atoms with van der Waals surface area (Å²) in [7, 11) is 1.74. The number of aromatic nitrogens is 2. The van der Waals surface area contributed by atoms with Crippen molar-refractivity contribution in [2.45, 2.75) is 19.8 Å². The highest BCUT2D eigenvalue weighted by Gasteiger charge is 2.16. The second kappa shape index (κ2) is 5.73. The van der Waals surface area contributed by atoms with Gasteiger partial charge in [-0.3, -0.25) is 0 Å². The van der Waals surface area contributed by atoms with Crippen molar-refractivity contribution in [2.75, 3.05) is 12.4 Å². The van der Waals surface area contributed by atoms with Crippen LogP contribution in [0.5, 0.6) is 0 Å². The van der Waals surface area contributed by atoms with E-state index in [1.54, 1.807) is 7.05 Å². The Bertz CT molecular complexity index is 585. The van der Waals surface area contributed by atoms with Crippen molar-refractivity contribution in [1.82, 2.24) is 9.97 Å². The smallest absolute Gasteiger partial charge is 0.168 e. The van der Waals surface area contributed by atoms with Crippen LogP contribution in [0.2, 0.25) is 0 Å². The first-order chi connectivity index (χ1) is 9.19. The highest BCUT2D eigenvalue weighted by molar-refractivity contribution is 5.68. The van der Waals surface area contributed by atoms with Crippen LogP contribution in [0.4, 0.5) is 14.6 Å². The third-order valence-electron chi connectivity index (χ3n) is 2.89. The average molecular weight is 263 g/mol. The number of nitrogens with one attached hydrogen (secondary N) is 1. The second-order valence-electron chi connectivity index (χ2n) is 4.15. The average Bonchev–Trinajstić information content (AvgIpc) is 2.43. The molecular formula is C14H15F2N3. The Morgan fingerprint density at radius 1 is 1.21 bits per heavy atom. The molecule has 1 aromatic carbocycles. The lowest BCUT2D eigenvalue weighted by Gasteiger charge is -2.12. The van der Waals surface area contributed by atoms with Crippen LogP contribution < -0.4 is 5.32 Å². The van der Waals surface area contributed by atoms with Crippen LogP contribution in [0.3, 0.4) is 0 Å². The molecule has 0 aliphatic carbocycles. The molecule has 19 heavy (non-hydrogen) atoms. The quantitative estimate of drug-likeness (QED) is 0.918. The Morgan fingerprint density at radius 3 is 2.68 bits per heavy atom. The molecule has 0 saturated heterocycles. The predicted octanol–water partition coefficient (Wildman–Crippen LogP) is 3.42. The van der Waals surface area contributed by atoms with Gasteiger partial charge in [-0.2, -0.15) is 0 Å². The van der Waals surface area contributed by atoms with Gasteiger partial charge >= 0.3 is 0 Å². The summed E-state index contributed by atoms with van der Waals surface area (Å²) >= 11 is 0. The molecule has 0 fully saturated rings. The second-order valence-corrected chi connectivity index (χ2v) is 4.15. The van der Waals surface area contributed by atoms with E-state index in [2.05, 4.69) is 15.3 Å². The SMILES string of the molecule is CCCc1c(NC)ncnc1-c1cccc(F)c1F. The topological polar surface area (TPSA) is 37.8 Å². The molecule has 1 aromatic heterocycles. The summed E-state index contributed by atoms with van der Waals surface area (Å²) in [6.07, 6.45) is 2.92. The number of benzene rings is 1. The van der Waals surface area contributed by atoms with E-state index in [1.807, 2.05) is 6.92 Å². The van der Waals surface area contributed by atoms with Crippen LogP contribution in [0.1, 0.15) is 18.9 Å². The number of rotatable bonds is 4. The van der Waals surface area contributed by atoms with Gasteiger partial charge in [0.1, 0.15) is 12.1 Å². The molecular weight excluding hydrogens is 248 g/mol. The van der Waals surface area contributed by atoms with Crippen LogP contribution in [0.15, 0.2) is 24.5 Å². The maximum atomic E-state index is 13.9. The first-order valence-electron chi connectivity index (χ1n) is 6.15. The van der Waals surface area contributed by atoms with Crippen molar-refractivity contribution in [3.05, 3.63) is 41.7 Å². The van der Waals surface area contributed by atoms with Gasteiger partial charge in [-0.15, -0.1) is 0 Å². The molecule has 0 saturated carbocycles. The molecule has 2 rings (SSSR count). The van der Waals surface area contributed by atoms with Gasteiger partial charge in [-0.1, -0.05) is 19.4 Å². The van der Waals surface area contributed by atoms with Crippen molar-refractivity contribution in [2.24, 2.45) is 0 Å². The third-order valence-corrected chi connectivity index (χ3v) is 2.89. The largest absolute Gasteiger partial charge is 0.373 e. The molecule has 1 N–H and O–H groups in total. The number of halogens is 2. The molecule has 0 aliphatic rings. The Morgan fingerprint density at radius 2 is 2.00 bits per heavy atom. The Kier molecular flexibility index (Phi) is 4.04. The van der Waals surface area contributed by atoms with Crippen LogP contribution in [-0.2, 0) is 6.42 Å². The number of anilines is 1. The van der Waals surface area contributed by atoms with Gasteiger partial charge in [0.05, 0.1) is 5.69 Å². The van der Waals surface area contributed by atoms with E-state index in [1.165, 1.54) is 18.5 Å². The maximum absolute atomic E-state index is 13.9. The molecule has 3 nitrogen and oxygen atoms in total. The van der Waals surface area contributed by atoms with Gasteiger partial charge in [0, 0.05) is 18.2 Å². The lowest BCUT2D eigenvalue weighted by molar-refractivity contribution is 0.511. The van der Waals surface area contributed by atoms with Crippen LogP contribution in [0.25, 0.3) is 11.3 Å². The van der Waals surface area contributed by atoms with Crippen molar-refractivity contribution in [1.29, 1.82) is 0 Å². The number of nitrogens with zero attached hydrogens (tertiary/aromatic N) is 2. The minimum Gasteiger partial charge on any atom is -0.373 e. The minimum absolute atomic E-state index is 0.169. The maximum Gasteiger partial charge on any atom is 0.168 e. The Labute approximate surface area is 110 Å². The third kappa shape index (κ3) is 2.54. The molecule has 0 atom stereocenters. The number of hydrogen-bond donors (Lipinski definition) is 1. The van der Waals surface area contributed by atoms with E-state index in [-0.39, 0.29) is 5.56 Å². The van der Waals surface area contributed by atoms with Crippen molar-refractivity contribution < 1.29 is 8.78 Å². The van der Waals surface area contributed by atoms with Crippen LogP contribution in [0, 0.1) is 11.6 Å². The minimum atomic E-state index is -0.874. The summed E-state index contributed by atoms with van der Waals surface area (Å²) in [6, 6.07) is 4.10. The molecule has 5 heteroatoms. The van der Waals surface area contributed by atoms with Gasteiger partial charge in [0.15, 0.2) is 11.6 Å². The first kappa shape index (κ1) is 13.4. The molecule has 0 radical (unpaired) electrons. The summed E-state index contributed by atoms with van der Waals surface area (Å²) in [6.45, 7) is 2.01. The van der Waals surface area contributed by atoms with E-state index in [9.17, 15) is 8.78 Å². The van der Waals surface area contributed by atoms with Crippen molar-refractivity contribution in [3.8, 4) is 11.3 Å². The normalized spacial score (nSPS) is 10.5. The fourth-order valence-electron chi connectivity index (χ4n) is 2.03. The zero-order valence-corrected chi connectivity index (χ0v) is 10.9. The van der Waals surface area contributed by atoms with E-state index < -0.39 is 11.6 Å².